The van der Waals surface area contributed by atoms with Gasteiger partial charge in [-0.1, -0.05) is 42.5 Å². The number of aryl methyl sites for hydroxylation is 1. The molecule has 0 atom stereocenters. The smallest absolute Gasteiger partial charge is 0.340 e. The zero-order valence-corrected chi connectivity index (χ0v) is 12.0. The van der Waals surface area contributed by atoms with Crippen molar-refractivity contribution in [3.05, 3.63) is 59.7 Å². The predicted octanol–water partition coefficient (Wildman–Crippen LogP) is 4.15. The summed E-state index contributed by atoms with van der Waals surface area (Å²) < 4.78 is 4.73. The zero-order chi connectivity index (χ0) is 15.1. The largest absolute Gasteiger partial charge is 0.465 e. The Labute approximate surface area is 123 Å². The van der Waals surface area contributed by atoms with Crippen LogP contribution in [0, 0.1) is 0 Å². The molecule has 0 aliphatic rings. The highest BCUT2D eigenvalue weighted by atomic mass is 16.5. The minimum atomic E-state index is -0.415. The van der Waals surface area contributed by atoms with Gasteiger partial charge < -0.3 is 4.74 Å². The van der Waals surface area contributed by atoms with Crippen LogP contribution in [0.25, 0.3) is 0 Å². The van der Waals surface area contributed by atoms with Crippen molar-refractivity contribution < 1.29 is 9.53 Å². The second-order valence-corrected chi connectivity index (χ2v) is 4.33. The van der Waals surface area contributed by atoms with Gasteiger partial charge in [-0.2, -0.15) is 0 Å². The van der Waals surface area contributed by atoms with E-state index in [1.807, 2.05) is 30.3 Å². The van der Waals surface area contributed by atoms with E-state index in [0.717, 1.165) is 17.7 Å². The van der Waals surface area contributed by atoms with Gasteiger partial charge in [0.05, 0.1) is 24.0 Å². The number of ether oxygens (including phenoxy) is 1. The summed E-state index contributed by atoms with van der Waals surface area (Å²) in [7, 11) is 1.35. The highest BCUT2D eigenvalue weighted by Gasteiger charge is 2.10. The number of benzene rings is 2. The van der Waals surface area contributed by atoms with E-state index in [4.69, 9.17) is 4.74 Å². The van der Waals surface area contributed by atoms with Crippen LogP contribution in [0.15, 0.2) is 58.9 Å². The van der Waals surface area contributed by atoms with Crippen LogP contribution in [0.4, 0.5) is 11.4 Å². The molecular weight excluding hydrogens is 266 g/mol. The number of nitrogens with one attached hydrogen (secondary N) is 1. The molecule has 2 aromatic carbocycles. The Kier molecular flexibility index (Phi) is 5.04. The molecule has 0 spiro atoms. The summed E-state index contributed by atoms with van der Waals surface area (Å²) in [6, 6.07) is 14.8. The molecule has 0 aliphatic carbocycles. The first-order valence-electron chi connectivity index (χ1n) is 6.68. The molecule has 0 saturated heterocycles. The Hall–Kier alpha value is -2.69. The van der Waals surface area contributed by atoms with Crippen molar-refractivity contribution in [2.24, 2.45) is 10.3 Å². The maximum absolute atomic E-state index is 11.6. The van der Waals surface area contributed by atoms with E-state index >= 15 is 0 Å². The maximum Gasteiger partial charge on any atom is 0.340 e. The zero-order valence-electron chi connectivity index (χ0n) is 12.0. The topological polar surface area (TPSA) is 63.0 Å². The molecule has 0 fully saturated rings. The van der Waals surface area contributed by atoms with Crippen molar-refractivity contribution >= 4 is 17.3 Å². The number of para-hydroxylation sites is 1. The van der Waals surface area contributed by atoms with Crippen molar-refractivity contribution in [2.75, 3.05) is 12.5 Å². The van der Waals surface area contributed by atoms with E-state index in [1.165, 1.54) is 7.11 Å². The van der Waals surface area contributed by atoms with Crippen molar-refractivity contribution in [1.82, 2.24) is 0 Å². The summed E-state index contributed by atoms with van der Waals surface area (Å²) >= 11 is 0. The molecule has 0 saturated carbocycles. The molecule has 5 heteroatoms. The van der Waals surface area contributed by atoms with Gasteiger partial charge in [0.15, 0.2) is 0 Å². The van der Waals surface area contributed by atoms with Crippen LogP contribution in [0.5, 0.6) is 0 Å². The number of esters is 1. The molecule has 2 rings (SSSR count). The first-order valence-corrected chi connectivity index (χ1v) is 6.68. The van der Waals surface area contributed by atoms with Gasteiger partial charge in [0.2, 0.25) is 0 Å². The third kappa shape index (κ3) is 3.66. The second kappa shape index (κ2) is 7.19. The van der Waals surface area contributed by atoms with Gasteiger partial charge in [0, 0.05) is 0 Å². The number of anilines is 1. The molecule has 2 aromatic rings. The van der Waals surface area contributed by atoms with Crippen LogP contribution < -0.4 is 5.43 Å². The number of carbonyl (C=O) groups excluding carboxylic acids is 1. The predicted molar refractivity (Wildman–Crippen MR) is 81.7 cm³/mol. The normalized spacial score (nSPS) is 10.6. The molecule has 21 heavy (non-hydrogen) atoms. The monoisotopic (exact) mass is 283 g/mol. The Morgan fingerprint density at radius 2 is 1.86 bits per heavy atom. The van der Waals surface area contributed by atoms with E-state index in [1.54, 1.807) is 18.2 Å². The van der Waals surface area contributed by atoms with Gasteiger partial charge in [-0.25, -0.2) is 4.79 Å². The Morgan fingerprint density at radius 3 is 2.62 bits per heavy atom. The standard InChI is InChI=1S/C16H17N3O2/c1-3-12-8-4-6-10-14(12)17-19-18-15-11-7-5-9-13(15)16(20)21-2/h4-11H,3H2,1-2H3,(H,17,18). The number of carbonyl (C=O) groups is 1. The molecule has 0 aromatic heterocycles. The fraction of sp³-hybridized carbons (Fsp3) is 0.188. The van der Waals surface area contributed by atoms with Crippen molar-refractivity contribution in [1.29, 1.82) is 0 Å². The molecule has 0 radical (unpaired) electrons. The summed E-state index contributed by atoms with van der Waals surface area (Å²) in [5.74, 6) is -0.415. The molecule has 108 valence electrons. The Bertz CT molecular complexity index is 653. The molecular formula is C16H17N3O2. The van der Waals surface area contributed by atoms with E-state index in [0.29, 0.717) is 11.3 Å². The Balaban J connectivity index is 2.16. The van der Waals surface area contributed by atoms with Gasteiger partial charge in [-0.15, -0.1) is 5.11 Å². The maximum atomic E-state index is 11.6. The fourth-order valence-electron chi connectivity index (χ4n) is 1.91. The van der Waals surface area contributed by atoms with Gasteiger partial charge in [-0.3, -0.25) is 5.43 Å². The van der Waals surface area contributed by atoms with E-state index in [9.17, 15) is 4.79 Å². The third-order valence-corrected chi connectivity index (χ3v) is 3.03. The summed E-state index contributed by atoms with van der Waals surface area (Å²) in [4.78, 5) is 11.6. The first-order chi connectivity index (χ1) is 10.3. The highest BCUT2D eigenvalue weighted by molar-refractivity contribution is 5.95. The lowest BCUT2D eigenvalue weighted by atomic mass is 10.1. The van der Waals surface area contributed by atoms with Gasteiger partial charge in [0.1, 0.15) is 0 Å². The molecule has 0 amide bonds. The van der Waals surface area contributed by atoms with Crippen LogP contribution in [0.3, 0.4) is 0 Å². The second-order valence-electron chi connectivity index (χ2n) is 4.33. The minimum absolute atomic E-state index is 0.415. The van der Waals surface area contributed by atoms with Crippen molar-refractivity contribution in [2.45, 2.75) is 13.3 Å². The van der Waals surface area contributed by atoms with Crippen LogP contribution >= 0.6 is 0 Å². The van der Waals surface area contributed by atoms with Gasteiger partial charge >= 0.3 is 5.97 Å². The molecule has 5 nitrogen and oxygen atoms in total. The lowest BCUT2D eigenvalue weighted by molar-refractivity contribution is 0.0602. The summed E-state index contributed by atoms with van der Waals surface area (Å²) in [6.45, 7) is 2.06. The molecule has 1 N–H and O–H groups in total. The van der Waals surface area contributed by atoms with Gasteiger partial charge in [0.25, 0.3) is 0 Å². The fourth-order valence-corrected chi connectivity index (χ4v) is 1.91. The summed E-state index contributed by atoms with van der Waals surface area (Å²) in [6.07, 6.45) is 0.883. The van der Waals surface area contributed by atoms with Crippen LogP contribution in [0.2, 0.25) is 0 Å². The minimum Gasteiger partial charge on any atom is -0.465 e. The summed E-state index contributed by atoms with van der Waals surface area (Å²) in [5, 5.41) is 8.13. The molecule has 0 aliphatic heterocycles. The first kappa shape index (κ1) is 14.7. The number of hydrogen-bond donors (Lipinski definition) is 1. The quantitative estimate of drug-likeness (QED) is 0.509. The number of methoxy groups -OCH3 is 1. The van der Waals surface area contributed by atoms with E-state index in [2.05, 4.69) is 22.7 Å². The average molecular weight is 283 g/mol. The van der Waals surface area contributed by atoms with Gasteiger partial charge in [-0.05, 0) is 30.2 Å². The van der Waals surface area contributed by atoms with Crippen molar-refractivity contribution in [3.8, 4) is 0 Å². The number of nitrogens with zero attached hydrogens (tertiary/aromatic N) is 2. The third-order valence-electron chi connectivity index (χ3n) is 3.03. The van der Waals surface area contributed by atoms with Crippen molar-refractivity contribution in [3.63, 3.8) is 0 Å². The highest BCUT2D eigenvalue weighted by Crippen LogP contribution is 2.20. The van der Waals surface area contributed by atoms with E-state index in [-0.39, 0.29) is 0 Å². The Morgan fingerprint density at radius 1 is 1.14 bits per heavy atom. The summed E-state index contributed by atoms with van der Waals surface area (Å²) in [5.41, 5.74) is 5.69. The lowest BCUT2D eigenvalue weighted by Crippen LogP contribution is -2.04. The number of rotatable bonds is 5. The van der Waals surface area contributed by atoms with E-state index < -0.39 is 5.97 Å². The molecule has 0 bridgehead atoms. The average Bonchev–Trinajstić information content (AvgIpc) is 2.55. The lowest BCUT2D eigenvalue weighted by Gasteiger charge is -2.06. The van der Waals surface area contributed by atoms with Crippen LogP contribution in [-0.4, -0.2) is 13.1 Å². The number of hydrogen-bond acceptors (Lipinski definition) is 4. The van der Waals surface area contributed by atoms with Crippen LogP contribution in [-0.2, 0) is 11.2 Å². The SMILES string of the molecule is CCc1ccccc1N=NNc1ccccc1C(=O)OC. The van der Waals surface area contributed by atoms with Crippen LogP contribution in [0.1, 0.15) is 22.8 Å². The molecule has 0 heterocycles. The molecule has 0 unspecified atom stereocenters.